The van der Waals surface area contributed by atoms with Gasteiger partial charge in [0, 0.05) is 32.8 Å². The molecule has 0 N–H and O–H groups in total. The molecule has 0 aromatic heterocycles. The summed E-state index contributed by atoms with van der Waals surface area (Å²) in [5.41, 5.74) is -0.108. The predicted molar refractivity (Wildman–Crippen MR) is 93.0 cm³/mol. The number of hydrogen-bond donors (Lipinski definition) is 0. The second-order valence-corrected chi connectivity index (χ2v) is 8.26. The van der Waals surface area contributed by atoms with Gasteiger partial charge in [-0.25, -0.2) is 0 Å². The highest BCUT2D eigenvalue weighted by atomic mass is 32.2. The number of thioether (sulfide) groups is 1. The van der Waals surface area contributed by atoms with Crippen LogP contribution in [0.1, 0.15) is 34.1 Å². The van der Waals surface area contributed by atoms with Crippen LogP contribution in [0.3, 0.4) is 0 Å². The fourth-order valence-electron chi connectivity index (χ4n) is 2.31. The Labute approximate surface area is 143 Å². The number of nitrogens with zero attached hydrogens (tertiary/aromatic N) is 3. The number of amides is 3. The lowest BCUT2D eigenvalue weighted by Crippen LogP contribution is -2.51. The Morgan fingerprint density at radius 2 is 1.83 bits per heavy atom. The summed E-state index contributed by atoms with van der Waals surface area (Å²) in [7, 11) is 3.34. The van der Waals surface area contributed by atoms with Crippen molar-refractivity contribution in [3.05, 3.63) is 0 Å². The molecule has 1 aliphatic rings. The van der Waals surface area contributed by atoms with Crippen LogP contribution < -0.4 is 0 Å². The second-order valence-electron chi connectivity index (χ2n) is 7.26. The zero-order chi connectivity index (χ0) is 17.8. The topological polar surface area (TPSA) is 60.9 Å². The molecule has 0 aliphatic carbocycles. The highest BCUT2D eigenvalue weighted by Crippen LogP contribution is 2.27. The predicted octanol–water partition coefficient (Wildman–Crippen LogP) is 1.26. The van der Waals surface area contributed by atoms with Crippen LogP contribution in [0.2, 0.25) is 0 Å². The van der Waals surface area contributed by atoms with E-state index >= 15 is 0 Å². The third-order valence-electron chi connectivity index (χ3n) is 3.69. The smallest absolute Gasteiger partial charge is 0.246 e. The molecule has 0 radical (unpaired) electrons. The molecule has 0 bridgehead atoms. The van der Waals surface area contributed by atoms with E-state index < -0.39 is 6.04 Å². The lowest BCUT2D eigenvalue weighted by atomic mass is 9.91. The monoisotopic (exact) mass is 343 g/mol. The molecule has 0 aromatic rings. The molecular formula is C16H29N3O3S. The van der Waals surface area contributed by atoms with Gasteiger partial charge >= 0.3 is 0 Å². The maximum absolute atomic E-state index is 12.8. The number of rotatable bonds is 5. The van der Waals surface area contributed by atoms with Gasteiger partial charge < -0.3 is 14.7 Å². The van der Waals surface area contributed by atoms with Crippen molar-refractivity contribution < 1.29 is 14.4 Å². The first kappa shape index (κ1) is 19.8. The van der Waals surface area contributed by atoms with Crippen molar-refractivity contribution in [1.29, 1.82) is 0 Å². The van der Waals surface area contributed by atoms with Crippen LogP contribution in [0.15, 0.2) is 0 Å². The molecular weight excluding hydrogens is 314 g/mol. The molecule has 6 nitrogen and oxygen atoms in total. The van der Waals surface area contributed by atoms with Gasteiger partial charge in [-0.05, 0) is 12.3 Å². The van der Waals surface area contributed by atoms with Crippen molar-refractivity contribution in [3.8, 4) is 0 Å². The molecule has 23 heavy (non-hydrogen) atoms. The highest BCUT2D eigenvalue weighted by molar-refractivity contribution is 7.99. The van der Waals surface area contributed by atoms with E-state index in [1.807, 2.05) is 27.7 Å². The minimum Gasteiger partial charge on any atom is -0.347 e. The van der Waals surface area contributed by atoms with Crippen LogP contribution in [0, 0.1) is 5.41 Å². The summed E-state index contributed by atoms with van der Waals surface area (Å²) >= 11 is 1.59. The van der Waals surface area contributed by atoms with E-state index in [9.17, 15) is 14.4 Å². The van der Waals surface area contributed by atoms with E-state index in [0.717, 1.165) is 0 Å². The van der Waals surface area contributed by atoms with E-state index in [0.29, 0.717) is 24.6 Å². The van der Waals surface area contributed by atoms with Crippen molar-refractivity contribution in [2.24, 2.45) is 5.41 Å². The maximum Gasteiger partial charge on any atom is 0.246 e. The lowest BCUT2D eigenvalue weighted by Gasteiger charge is -2.31. The Bertz CT molecular complexity index is 460. The molecule has 7 heteroatoms. The Balaban J connectivity index is 2.79. The summed E-state index contributed by atoms with van der Waals surface area (Å²) in [5, 5.41) is 0. The molecule has 0 aromatic carbocycles. The molecule has 1 heterocycles. The fourth-order valence-corrected chi connectivity index (χ4v) is 3.48. The summed E-state index contributed by atoms with van der Waals surface area (Å²) in [5.74, 6) is 0.913. The molecule has 1 atom stereocenters. The van der Waals surface area contributed by atoms with E-state index in [2.05, 4.69) is 0 Å². The van der Waals surface area contributed by atoms with E-state index in [4.69, 9.17) is 0 Å². The number of carbonyl (C=O) groups excluding carboxylic acids is 3. The Hall–Kier alpha value is -1.24. The van der Waals surface area contributed by atoms with Crippen LogP contribution >= 0.6 is 11.8 Å². The summed E-state index contributed by atoms with van der Waals surface area (Å²) in [6, 6.07) is -0.454. The fraction of sp³-hybridized carbons (Fsp3) is 0.812. The minimum absolute atomic E-state index is 0.0100. The van der Waals surface area contributed by atoms with Crippen LogP contribution in [0.4, 0.5) is 0 Å². The van der Waals surface area contributed by atoms with Crippen LogP contribution in [0.5, 0.6) is 0 Å². The van der Waals surface area contributed by atoms with E-state index in [1.165, 1.54) is 9.80 Å². The Morgan fingerprint density at radius 3 is 2.30 bits per heavy atom. The highest BCUT2D eigenvalue weighted by Gasteiger charge is 2.38. The van der Waals surface area contributed by atoms with Gasteiger partial charge in [-0.1, -0.05) is 20.8 Å². The lowest BCUT2D eigenvalue weighted by molar-refractivity contribution is -0.146. The van der Waals surface area contributed by atoms with Gasteiger partial charge in [0.25, 0.3) is 0 Å². The molecule has 0 spiro atoms. The zero-order valence-corrected chi connectivity index (χ0v) is 15.9. The van der Waals surface area contributed by atoms with Gasteiger partial charge in [-0.15, -0.1) is 11.8 Å². The molecule has 1 saturated heterocycles. The van der Waals surface area contributed by atoms with Crippen molar-refractivity contribution in [2.75, 3.05) is 38.8 Å². The number of carbonyl (C=O) groups is 3. The van der Waals surface area contributed by atoms with E-state index in [-0.39, 0.29) is 29.7 Å². The van der Waals surface area contributed by atoms with E-state index in [1.54, 1.807) is 30.8 Å². The average Bonchev–Trinajstić information content (AvgIpc) is 2.91. The van der Waals surface area contributed by atoms with Crippen molar-refractivity contribution in [1.82, 2.24) is 14.7 Å². The molecule has 3 amide bonds. The van der Waals surface area contributed by atoms with Gasteiger partial charge in [0.05, 0.1) is 12.4 Å². The summed E-state index contributed by atoms with van der Waals surface area (Å²) in [6.45, 7) is 8.41. The third kappa shape index (κ3) is 5.71. The van der Waals surface area contributed by atoms with Crippen LogP contribution in [0.25, 0.3) is 0 Å². The first-order valence-electron chi connectivity index (χ1n) is 7.93. The first-order valence-corrected chi connectivity index (χ1v) is 9.08. The Morgan fingerprint density at radius 1 is 1.22 bits per heavy atom. The van der Waals surface area contributed by atoms with Crippen molar-refractivity contribution >= 4 is 29.5 Å². The van der Waals surface area contributed by atoms with Crippen molar-refractivity contribution in [3.63, 3.8) is 0 Å². The summed E-state index contributed by atoms with van der Waals surface area (Å²) < 4.78 is 0. The molecule has 1 fully saturated rings. The first-order chi connectivity index (χ1) is 10.6. The molecule has 0 unspecified atom stereocenters. The molecule has 1 aliphatic heterocycles. The third-order valence-corrected chi connectivity index (χ3v) is 4.70. The number of likely N-dealkylation sites (N-methyl/N-ethyl adjacent to an activating group) is 2. The second kappa shape index (κ2) is 8.04. The Kier molecular flexibility index (Phi) is 6.92. The molecule has 1 rings (SSSR count). The number of hydrogen-bond acceptors (Lipinski definition) is 4. The SMILES string of the molecule is CCN(CC(=O)N(C)C)C(=O)[C@H]1CSCN1C(=O)CC(C)(C)C. The quantitative estimate of drug-likeness (QED) is 0.754. The van der Waals surface area contributed by atoms with Gasteiger partial charge in [-0.2, -0.15) is 0 Å². The molecule has 132 valence electrons. The standard InChI is InChI=1S/C16H29N3O3S/c1-7-18(9-14(21)17(5)6)15(22)12-10-23-11-19(12)13(20)8-16(2,3)4/h12H,7-11H2,1-6H3/t12-/m1/s1. The van der Waals surface area contributed by atoms with Crippen molar-refractivity contribution in [2.45, 2.75) is 40.2 Å². The van der Waals surface area contributed by atoms with Gasteiger partial charge in [0.2, 0.25) is 17.7 Å². The van der Waals surface area contributed by atoms with Gasteiger partial charge in [0.1, 0.15) is 6.04 Å². The zero-order valence-electron chi connectivity index (χ0n) is 15.1. The summed E-state index contributed by atoms with van der Waals surface area (Å²) in [6.07, 6.45) is 0.417. The van der Waals surface area contributed by atoms with Crippen LogP contribution in [-0.4, -0.2) is 77.3 Å². The minimum atomic E-state index is -0.454. The average molecular weight is 343 g/mol. The van der Waals surface area contributed by atoms with Crippen LogP contribution in [-0.2, 0) is 14.4 Å². The molecule has 0 saturated carbocycles. The largest absolute Gasteiger partial charge is 0.347 e. The maximum atomic E-state index is 12.8. The van der Waals surface area contributed by atoms with Gasteiger partial charge in [-0.3, -0.25) is 14.4 Å². The normalized spacial score (nSPS) is 18.0. The summed E-state index contributed by atoms with van der Waals surface area (Å²) in [4.78, 5) is 41.8. The van der Waals surface area contributed by atoms with Gasteiger partial charge in [0.15, 0.2) is 0 Å².